The summed E-state index contributed by atoms with van der Waals surface area (Å²) in [6.45, 7) is 0.919. The van der Waals surface area contributed by atoms with Crippen LogP contribution in [0.4, 0.5) is 11.4 Å². The van der Waals surface area contributed by atoms with Crippen LogP contribution in [0.25, 0.3) is 0 Å². The van der Waals surface area contributed by atoms with E-state index in [2.05, 4.69) is 10.2 Å². The second-order valence-corrected chi connectivity index (χ2v) is 6.21. The molecule has 0 saturated carbocycles. The molecule has 0 bridgehead atoms. The number of aromatic hydroxyl groups is 1. The van der Waals surface area contributed by atoms with Crippen LogP contribution in [-0.2, 0) is 11.8 Å². The predicted molar refractivity (Wildman–Crippen MR) is 99.3 cm³/mol. The highest BCUT2D eigenvalue weighted by Crippen LogP contribution is 2.35. The first-order chi connectivity index (χ1) is 13.2. The smallest absolute Gasteiger partial charge is 0.341 e. The Morgan fingerprint density at radius 1 is 1.29 bits per heavy atom. The van der Waals surface area contributed by atoms with Crippen LogP contribution in [0.2, 0.25) is 10.0 Å². The van der Waals surface area contributed by atoms with E-state index in [1.807, 2.05) is 0 Å². The normalized spacial score (nSPS) is 10.5. The average molecular weight is 420 g/mol. The Bertz CT molecular complexity index is 1140. The Morgan fingerprint density at radius 2 is 1.93 bits per heavy atom. The number of benzene rings is 1. The number of rotatable bonds is 4. The Morgan fingerprint density at radius 3 is 2.54 bits per heavy atom. The summed E-state index contributed by atoms with van der Waals surface area (Å²) in [4.78, 5) is 24.5. The number of hydrogen-bond acceptors (Lipinski definition) is 8. The van der Waals surface area contributed by atoms with Crippen LogP contribution in [-0.4, -0.2) is 22.2 Å². The molecule has 142 valence electrons. The van der Waals surface area contributed by atoms with E-state index in [9.17, 15) is 20.0 Å². The van der Waals surface area contributed by atoms with Crippen molar-refractivity contribution in [2.45, 2.75) is 6.92 Å². The molecule has 9 nitrogen and oxygen atoms in total. The molecular formula is C17H11Cl2N5O4. The number of azo groups is 1. The molecule has 0 saturated heterocycles. The highest BCUT2D eigenvalue weighted by Gasteiger charge is 2.20. The van der Waals surface area contributed by atoms with Gasteiger partial charge in [0, 0.05) is 17.6 Å². The number of halogens is 2. The molecule has 0 fully saturated rings. The molecule has 0 unspecified atom stereocenters. The minimum absolute atomic E-state index is 0.0473. The summed E-state index contributed by atoms with van der Waals surface area (Å²) in [7, 11) is 1.26. The molecule has 1 aromatic heterocycles. The fourth-order valence-electron chi connectivity index (χ4n) is 2.22. The second-order valence-electron chi connectivity index (χ2n) is 5.37. The van der Waals surface area contributed by atoms with Gasteiger partial charge in [-0.3, -0.25) is 9.36 Å². The number of carbonyl (C=O) groups is 1. The highest BCUT2D eigenvalue weighted by molar-refractivity contribution is 6.37. The number of hydrogen-bond donors (Lipinski definition) is 1. The first-order valence-electron chi connectivity index (χ1n) is 7.50. The van der Waals surface area contributed by atoms with E-state index in [4.69, 9.17) is 33.2 Å². The van der Waals surface area contributed by atoms with E-state index >= 15 is 0 Å². The lowest BCUT2D eigenvalue weighted by atomic mass is 10.1. The molecule has 0 atom stereocenters. The van der Waals surface area contributed by atoms with Gasteiger partial charge in [0.15, 0.2) is 12.3 Å². The van der Waals surface area contributed by atoms with Gasteiger partial charge in [0.1, 0.15) is 23.4 Å². The van der Waals surface area contributed by atoms with Gasteiger partial charge in [0.05, 0.1) is 10.6 Å². The van der Waals surface area contributed by atoms with Crippen molar-refractivity contribution in [3.63, 3.8) is 0 Å². The zero-order valence-corrected chi connectivity index (χ0v) is 16.0. The van der Waals surface area contributed by atoms with Crippen LogP contribution in [0, 0.1) is 29.6 Å². The van der Waals surface area contributed by atoms with Gasteiger partial charge in [-0.15, -0.1) is 10.2 Å². The molecule has 0 aliphatic heterocycles. The maximum absolute atomic E-state index is 12.4. The van der Waals surface area contributed by atoms with Gasteiger partial charge in [0.25, 0.3) is 5.56 Å². The van der Waals surface area contributed by atoms with E-state index < -0.39 is 24.0 Å². The number of esters is 1. The summed E-state index contributed by atoms with van der Waals surface area (Å²) < 4.78 is 5.58. The lowest BCUT2D eigenvalue weighted by molar-refractivity contribution is 0.0556. The van der Waals surface area contributed by atoms with Crippen molar-refractivity contribution in [2.24, 2.45) is 17.3 Å². The van der Waals surface area contributed by atoms with Crippen molar-refractivity contribution in [2.75, 3.05) is 6.61 Å². The van der Waals surface area contributed by atoms with Gasteiger partial charge in [-0.1, -0.05) is 23.2 Å². The van der Waals surface area contributed by atoms with Crippen molar-refractivity contribution < 1.29 is 14.6 Å². The van der Waals surface area contributed by atoms with Crippen molar-refractivity contribution >= 4 is 40.5 Å². The Kier molecular flexibility index (Phi) is 6.37. The topological polar surface area (TPSA) is 141 Å². The molecule has 11 heteroatoms. The number of ether oxygens (including phenoxy) is 1. The van der Waals surface area contributed by atoms with Gasteiger partial charge in [-0.2, -0.15) is 10.5 Å². The third-order valence-corrected chi connectivity index (χ3v) is 4.16. The van der Waals surface area contributed by atoms with Crippen molar-refractivity contribution in [3.8, 4) is 18.0 Å². The SMILES string of the molecule is Cc1c(C#N)c(O)n(C)c(=O)c1N=Nc1c(Cl)cc(Cl)cc1C(=O)OCC#N. The molecule has 28 heavy (non-hydrogen) atoms. The summed E-state index contributed by atoms with van der Waals surface area (Å²) in [6, 6.07) is 5.97. The number of carbonyl (C=O) groups excluding carboxylic acids is 1. The minimum Gasteiger partial charge on any atom is -0.493 e. The molecule has 1 aromatic carbocycles. The van der Waals surface area contributed by atoms with Gasteiger partial charge in [-0.05, 0) is 19.1 Å². The van der Waals surface area contributed by atoms with Crippen LogP contribution in [0.5, 0.6) is 5.88 Å². The maximum atomic E-state index is 12.4. The first kappa shape index (κ1) is 20.9. The summed E-state index contributed by atoms with van der Waals surface area (Å²) in [5.41, 5.74) is -1.28. The first-order valence-corrected chi connectivity index (χ1v) is 8.26. The van der Waals surface area contributed by atoms with Gasteiger partial charge in [0.2, 0.25) is 5.88 Å². The Hall–Kier alpha value is -3.40. The quantitative estimate of drug-likeness (QED) is 0.591. The monoisotopic (exact) mass is 419 g/mol. The molecule has 1 heterocycles. The third kappa shape index (κ3) is 3.96. The van der Waals surface area contributed by atoms with Crippen LogP contribution in [0.3, 0.4) is 0 Å². The third-order valence-electron chi connectivity index (χ3n) is 3.66. The predicted octanol–water partition coefficient (Wildman–Crippen LogP) is 3.67. The van der Waals surface area contributed by atoms with Crippen LogP contribution >= 0.6 is 23.2 Å². The van der Waals surface area contributed by atoms with Crippen LogP contribution in [0.1, 0.15) is 21.5 Å². The molecule has 0 radical (unpaired) electrons. The molecule has 0 spiro atoms. The molecule has 0 amide bonds. The zero-order valence-electron chi connectivity index (χ0n) is 14.5. The summed E-state index contributed by atoms with van der Waals surface area (Å²) >= 11 is 12.0. The van der Waals surface area contributed by atoms with Crippen molar-refractivity contribution in [1.29, 1.82) is 10.5 Å². The lowest BCUT2D eigenvalue weighted by Crippen LogP contribution is -2.18. The minimum atomic E-state index is -0.909. The lowest BCUT2D eigenvalue weighted by Gasteiger charge is -2.09. The number of pyridine rings is 1. The summed E-state index contributed by atoms with van der Waals surface area (Å²) in [5.74, 6) is -1.41. The van der Waals surface area contributed by atoms with E-state index in [0.29, 0.717) is 0 Å². The molecule has 0 aliphatic carbocycles. The number of nitriles is 2. The van der Waals surface area contributed by atoms with Crippen LogP contribution < -0.4 is 5.56 Å². The van der Waals surface area contributed by atoms with E-state index in [0.717, 1.165) is 4.57 Å². The summed E-state index contributed by atoms with van der Waals surface area (Å²) in [6.07, 6.45) is 0. The van der Waals surface area contributed by atoms with E-state index in [1.165, 1.54) is 26.1 Å². The summed E-state index contributed by atoms with van der Waals surface area (Å²) in [5, 5.41) is 35.4. The average Bonchev–Trinajstić information content (AvgIpc) is 2.65. The van der Waals surface area contributed by atoms with Gasteiger partial charge < -0.3 is 9.84 Å². The standard InChI is InChI=1S/C17H11Cl2N5O4/c1-8-11(7-21)15(25)24(2)16(26)13(8)22-23-14-10(17(27)28-4-3-20)5-9(18)6-12(14)19/h5-6,25H,4H2,1-2H3. The zero-order chi connectivity index (χ0) is 21.0. The van der Waals surface area contributed by atoms with Gasteiger partial charge >= 0.3 is 5.97 Å². The fourth-order valence-corrected chi connectivity index (χ4v) is 2.75. The van der Waals surface area contributed by atoms with E-state index in [1.54, 1.807) is 12.1 Å². The molecule has 2 rings (SSSR count). The fraction of sp³-hybridized carbons (Fsp3) is 0.176. The molecular weight excluding hydrogens is 409 g/mol. The van der Waals surface area contributed by atoms with Crippen molar-refractivity contribution in [1.82, 2.24) is 4.57 Å². The number of aromatic nitrogens is 1. The van der Waals surface area contributed by atoms with Gasteiger partial charge in [-0.25, -0.2) is 4.79 Å². The molecule has 0 aliphatic rings. The Labute approximate surface area is 168 Å². The Balaban J connectivity index is 2.65. The van der Waals surface area contributed by atoms with Crippen molar-refractivity contribution in [3.05, 3.63) is 49.2 Å². The maximum Gasteiger partial charge on any atom is 0.341 e. The highest BCUT2D eigenvalue weighted by atomic mass is 35.5. The molecule has 1 N–H and O–H groups in total. The number of nitrogens with zero attached hydrogens (tertiary/aromatic N) is 5. The largest absolute Gasteiger partial charge is 0.493 e. The van der Waals surface area contributed by atoms with E-state index in [-0.39, 0.29) is 38.1 Å². The molecule has 2 aromatic rings. The van der Waals surface area contributed by atoms with Crippen LogP contribution in [0.15, 0.2) is 27.2 Å². The second kappa shape index (κ2) is 8.53.